The van der Waals surface area contributed by atoms with Crippen molar-refractivity contribution < 1.29 is 19.4 Å². The number of rotatable bonds is 5. The molecule has 0 heterocycles. The van der Waals surface area contributed by atoms with Crippen LogP contribution >= 0.6 is 0 Å². The molecule has 2 N–H and O–H groups in total. The van der Waals surface area contributed by atoms with E-state index in [1.54, 1.807) is 0 Å². The second-order valence-electron chi connectivity index (χ2n) is 14.6. The molecule has 0 spiro atoms. The zero-order valence-corrected chi connectivity index (χ0v) is 24.6. The van der Waals surface area contributed by atoms with Gasteiger partial charge in [-0.3, -0.25) is 0 Å². The highest BCUT2D eigenvalue weighted by molar-refractivity contribution is 6.74. The van der Waals surface area contributed by atoms with Crippen molar-refractivity contribution in [3.05, 3.63) is 0 Å². The largest absolute Gasteiger partial charge is 0.411 e. The van der Waals surface area contributed by atoms with Crippen LogP contribution in [0.3, 0.4) is 0 Å². The number of fused-ring (bicyclic) bond motifs is 5. The summed E-state index contributed by atoms with van der Waals surface area (Å²) in [7, 11) is -1.89. The molecule has 198 valence electrons. The molecule has 0 bridgehead atoms. The van der Waals surface area contributed by atoms with Gasteiger partial charge in [0.05, 0.1) is 24.4 Å². The third kappa shape index (κ3) is 4.27. The van der Waals surface area contributed by atoms with E-state index in [1.165, 1.54) is 19.3 Å². The van der Waals surface area contributed by atoms with Gasteiger partial charge < -0.3 is 19.4 Å². The van der Waals surface area contributed by atoms with Crippen LogP contribution in [0.4, 0.5) is 0 Å². The van der Waals surface area contributed by atoms with Crippen LogP contribution < -0.4 is 0 Å². The van der Waals surface area contributed by atoms with Gasteiger partial charge in [0.15, 0.2) is 8.32 Å². The van der Waals surface area contributed by atoms with E-state index in [0.29, 0.717) is 29.6 Å². The van der Waals surface area contributed by atoms with Crippen molar-refractivity contribution in [2.24, 2.45) is 40.4 Å². The molecule has 4 rings (SSSR count). The summed E-state index contributed by atoms with van der Waals surface area (Å²) in [4.78, 5) is 0. The maximum Gasteiger partial charge on any atom is 0.192 e. The number of hydrogen-bond acceptors (Lipinski definition) is 4. The van der Waals surface area contributed by atoms with E-state index < -0.39 is 8.32 Å². The minimum Gasteiger partial charge on any atom is -0.411 e. The summed E-state index contributed by atoms with van der Waals surface area (Å²) in [6.45, 7) is 21.4. The lowest BCUT2D eigenvalue weighted by Crippen LogP contribution is -2.62. The zero-order valence-electron chi connectivity index (χ0n) is 23.6. The highest BCUT2D eigenvalue weighted by Crippen LogP contribution is 2.68. The molecule has 0 aromatic carbocycles. The number of aliphatic hydroxyl groups excluding tert-OH is 2. The van der Waals surface area contributed by atoms with E-state index in [4.69, 9.17) is 9.16 Å². The van der Waals surface area contributed by atoms with Gasteiger partial charge in [0, 0.05) is 6.61 Å². The van der Waals surface area contributed by atoms with Gasteiger partial charge >= 0.3 is 0 Å². The molecule has 0 amide bonds. The van der Waals surface area contributed by atoms with Gasteiger partial charge in [0.25, 0.3) is 0 Å². The van der Waals surface area contributed by atoms with Crippen LogP contribution in [0.25, 0.3) is 0 Å². The third-order valence-corrected chi connectivity index (χ3v) is 16.4. The first-order valence-electron chi connectivity index (χ1n) is 14.3. The Bertz CT molecular complexity index is 732. The average Bonchev–Trinajstić information content (AvgIpc) is 3.04. The Morgan fingerprint density at radius 1 is 1.00 bits per heavy atom. The monoisotopic (exact) mass is 494 g/mol. The highest BCUT2D eigenvalue weighted by Gasteiger charge is 2.64. The minimum absolute atomic E-state index is 0.0694. The van der Waals surface area contributed by atoms with Gasteiger partial charge in [-0.1, -0.05) is 34.6 Å². The first-order valence-corrected chi connectivity index (χ1v) is 17.2. The second-order valence-corrected chi connectivity index (χ2v) is 19.4. The van der Waals surface area contributed by atoms with Crippen molar-refractivity contribution in [3.63, 3.8) is 0 Å². The van der Waals surface area contributed by atoms with Gasteiger partial charge in [-0.2, -0.15) is 0 Å². The topological polar surface area (TPSA) is 58.9 Å². The summed E-state index contributed by atoms with van der Waals surface area (Å²) >= 11 is 0. The third-order valence-electron chi connectivity index (χ3n) is 11.9. The zero-order chi connectivity index (χ0) is 25.3. The molecule has 4 fully saturated rings. The van der Waals surface area contributed by atoms with Crippen molar-refractivity contribution in [2.75, 3.05) is 6.61 Å². The average molecular weight is 495 g/mol. The first-order chi connectivity index (χ1) is 15.7. The number of hydrogen-bond donors (Lipinski definition) is 2. The Labute approximate surface area is 210 Å². The molecule has 11 atom stereocenters. The molecule has 5 heteroatoms. The second kappa shape index (κ2) is 9.11. The molecule has 4 aliphatic rings. The van der Waals surface area contributed by atoms with Gasteiger partial charge in [-0.05, 0) is 117 Å². The predicted molar refractivity (Wildman–Crippen MR) is 141 cm³/mol. The van der Waals surface area contributed by atoms with E-state index in [9.17, 15) is 10.2 Å². The predicted octanol–water partition coefficient (Wildman–Crippen LogP) is 6.40. The normalized spacial score (nSPS) is 48.1. The van der Waals surface area contributed by atoms with Gasteiger partial charge in [-0.25, -0.2) is 0 Å². The van der Waals surface area contributed by atoms with E-state index in [2.05, 4.69) is 54.6 Å². The molecule has 4 nitrogen and oxygen atoms in total. The van der Waals surface area contributed by atoms with Crippen molar-refractivity contribution >= 4 is 8.32 Å². The minimum atomic E-state index is -1.89. The summed E-state index contributed by atoms with van der Waals surface area (Å²) < 4.78 is 13.4. The SMILES string of the molecule is CCO[C@H]1C[C@@]2(C)[C@@H](CC[C@H]3[C@@H]4CC[C@H](C(C)O)[C@@]4(C)CC(O)[C@@H]32)CC1O[Si](C)(C)C(C)(C)C. The molecule has 3 unspecified atom stereocenters. The molecule has 4 saturated carbocycles. The van der Waals surface area contributed by atoms with Crippen LogP contribution in [-0.4, -0.2) is 49.6 Å². The van der Waals surface area contributed by atoms with E-state index in [0.717, 1.165) is 32.3 Å². The molecule has 0 aromatic rings. The molecule has 4 aliphatic carbocycles. The van der Waals surface area contributed by atoms with Crippen LogP contribution in [-0.2, 0) is 9.16 Å². The fourth-order valence-electron chi connectivity index (χ4n) is 9.26. The molecule has 0 radical (unpaired) electrons. The summed E-state index contributed by atoms with van der Waals surface area (Å²) in [5, 5.41) is 22.5. The van der Waals surface area contributed by atoms with Crippen LogP contribution in [0, 0.1) is 40.4 Å². The first kappa shape index (κ1) is 27.1. The Morgan fingerprint density at radius 3 is 2.26 bits per heavy atom. The Balaban J connectivity index is 1.60. The molecule has 34 heavy (non-hydrogen) atoms. The summed E-state index contributed by atoms with van der Waals surface area (Å²) in [5.74, 6) is 2.45. The standard InChI is InChI=1S/C29H54O4Si/c1-10-32-25-17-28(6)19(15-24(25)33-34(8,9)27(3,4)5)11-12-20-22-14-13-21(18(2)30)29(22,7)16-23(31)26(20)28/h18-26,30-31H,10-17H2,1-9H3/t18?,19-,20-,21+,22-,23?,24?,25-,26+,28-,29+/m0/s1. The Morgan fingerprint density at radius 2 is 1.68 bits per heavy atom. The number of aliphatic hydroxyl groups is 2. The van der Waals surface area contributed by atoms with Crippen LogP contribution in [0.1, 0.15) is 93.4 Å². The van der Waals surface area contributed by atoms with Crippen LogP contribution in [0.15, 0.2) is 0 Å². The maximum atomic E-state index is 11.7. The highest BCUT2D eigenvalue weighted by atomic mass is 28.4. The van der Waals surface area contributed by atoms with Crippen molar-refractivity contribution in [3.8, 4) is 0 Å². The molecular weight excluding hydrogens is 440 g/mol. The van der Waals surface area contributed by atoms with Gasteiger partial charge in [0.1, 0.15) is 0 Å². The van der Waals surface area contributed by atoms with Crippen molar-refractivity contribution in [2.45, 2.75) is 136 Å². The lowest BCUT2D eigenvalue weighted by atomic mass is 9.43. The van der Waals surface area contributed by atoms with Gasteiger partial charge in [0.2, 0.25) is 0 Å². The van der Waals surface area contributed by atoms with Crippen molar-refractivity contribution in [1.29, 1.82) is 0 Å². The summed E-state index contributed by atoms with van der Waals surface area (Å²) in [6.07, 6.45) is 7.45. The Kier molecular flexibility index (Phi) is 7.26. The number of ether oxygens (including phenoxy) is 1. The summed E-state index contributed by atoms with van der Waals surface area (Å²) in [6, 6.07) is 0. The lowest BCUT2D eigenvalue weighted by Gasteiger charge is -2.63. The van der Waals surface area contributed by atoms with Crippen molar-refractivity contribution in [1.82, 2.24) is 0 Å². The quantitative estimate of drug-likeness (QED) is 0.434. The van der Waals surface area contributed by atoms with Crippen LogP contribution in [0.5, 0.6) is 0 Å². The summed E-state index contributed by atoms with van der Waals surface area (Å²) in [5.41, 5.74) is 0.166. The molecule has 0 aromatic heterocycles. The smallest absolute Gasteiger partial charge is 0.192 e. The fraction of sp³-hybridized carbons (Fsp3) is 1.00. The Hall–Kier alpha value is 0.0569. The molecule has 0 saturated heterocycles. The lowest BCUT2D eigenvalue weighted by molar-refractivity contribution is -0.203. The molecule has 0 aliphatic heterocycles. The fourth-order valence-corrected chi connectivity index (χ4v) is 10.6. The van der Waals surface area contributed by atoms with E-state index in [-0.39, 0.29) is 40.3 Å². The van der Waals surface area contributed by atoms with Gasteiger partial charge in [-0.15, -0.1) is 0 Å². The molecular formula is C29H54O4Si. The van der Waals surface area contributed by atoms with E-state index in [1.807, 2.05) is 6.92 Å². The maximum absolute atomic E-state index is 11.7. The van der Waals surface area contributed by atoms with E-state index >= 15 is 0 Å². The van der Waals surface area contributed by atoms with Crippen LogP contribution in [0.2, 0.25) is 18.1 Å².